The molecule has 31 heavy (non-hydrogen) atoms. The van der Waals surface area contributed by atoms with Crippen LogP contribution in [0.5, 0.6) is 5.88 Å². The van der Waals surface area contributed by atoms with Crippen molar-refractivity contribution in [1.29, 1.82) is 0 Å². The third-order valence-corrected chi connectivity index (χ3v) is 7.79. The number of aromatic nitrogens is 2. The van der Waals surface area contributed by atoms with E-state index in [1.54, 1.807) is 24.3 Å². The molecule has 4 rings (SSSR count). The van der Waals surface area contributed by atoms with Gasteiger partial charge in [-0.05, 0) is 39.8 Å². The van der Waals surface area contributed by atoms with E-state index in [1.807, 2.05) is 38.2 Å². The van der Waals surface area contributed by atoms with Crippen LogP contribution in [0.25, 0.3) is 0 Å². The molecular weight excluding hydrogens is 414 g/mol. The summed E-state index contributed by atoms with van der Waals surface area (Å²) in [6.45, 7) is 10.2. The summed E-state index contributed by atoms with van der Waals surface area (Å²) in [5.41, 5.74) is 4.02. The summed E-state index contributed by atoms with van der Waals surface area (Å²) in [6.07, 6.45) is 3.67. The van der Waals surface area contributed by atoms with Gasteiger partial charge < -0.3 is 9.64 Å². The second-order valence-electron chi connectivity index (χ2n) is 8.39. The minimum absolute atomic E-state index is 0.0537. The smallest absolute Gasteiger partial charge is 0.216 e. The van der Waals surface area contributed by atoms with Crippen molar-refractivity contribution >= 4 is 21.6 Å². The first kappa shape index (κ1) is 21.7. The van der Waals surface area contributed by atoms with Gasteiger partial charge in [0, 0.05) is 61.3 Å². The molecule has 2 aromatic rings. The van der Waals surface area contributed by atoms with Crippen LogP contribution >= 0.6 is 0 Å². The molecule has 8 nitrogen and oxygen atoms in total. The topological polar surface area (TPSA) is 88.0 Å². The van der Waals surface area contributed by atoms with Crippen molar-refractivity contribution in [3.05, 3.63) is 47.3 Å². The molecule has 2 aliphatic heterocycles. The lowest BCUT2D eigenvalue weighted by molar-refractivity contribution is 0.232. The van der Waals surface area contributed by atoms with Crippen molar-refractivity contribution in [2.45, 2.75) is 45.6 Å². The molecule has 2 aromatic heterocycles. The van der Waals surface area contributed by atoms with E-state index in [2.05, 4.69) is 14.9 Å². The first-order valence-electron chi connectivity index (χ1n) is 10.7. The number of rotatable bonds is 6. The number of ether oxygens (including phenoxy) is 1. The number of sulfonamides is 1. The Morgan fingerprint density at radius 3 is 2.45 bits per heavy atom. The fraction of sp³-hybridized carbons (Fsp3) is 0.500. The summed E-state index contributed by atoms with van der Waals surface area (Å²) in [7, 11) is -3.22. The molecule has 2 aliphatic rings. The molecule has 0 amide bonds. The van der Waals surface area contributed by atoms with E-state index in [4.69, 9.17) is 9.73 Å². The van der Waals surface area contributed by atoms with E-state index in [-0.39, 0.29) is 6.10 Å². The number of nitrogens with zero attached hydrogens (tertiary/aromatic N) is 5. The van der Waals surface area contributed by atoms with Crippen molar-refractivity contribution in [3.8, 4) is 5.88 Å². The molecule has 1 saturated heterocycles. The number of fused-ring (bicyclic) bond motifs is 1. The normalized spacial score (nSPS) is 17.2. The Bertz CT molecular complexity index is 1090. The van der Waals surface area contributed by atoms with Gasteiger partial charge in [0.15, 0.2) is 0 Å². The Morgan fingerprint density at radius 2 is 1.77 bits per heavy atom. The van der Waals surface area contributed by atoms with Crippen LogP contribution in [0.3, 0.4) is 0 Å². The van der Waals surface area contributed by atoms with Crippen LogP contribution in [-0.2, 0) is 16.6 Å². The van der Waals surface area contributed by atoms with Crippen molar-refractivity contribution in [2.75, 3.05) is 31.1 Å². The fourth-order valence-electron chi connectivity index (χ4n) is 3.82. The van der Waals surface area contributed by atoms with E-state index < -0.39 is 15.3 Å². The van der Waals surface area contributed by atoms with Crippen LogP contribution in [-0.4, -0.2) is 65.9 Å². The summed E-state index contributed by atoms with van der Waals surface area (Å²) in [5.74, 6) is 1.43. The number of anilines is 1. The monoisotopic (exact) mass is 443 g/mol. The molecule has 4 heterocycles. The number of hydrogen-bond donors (Lipinski definition) is 0. The maximum absolute atomic E-state index is 12.4. The van der Waals surface area contributed by atoms with Crippen molar-refractivity contribution in [3.63, 3.8) is 0 Å². The van der Waals surface area contributed by atoms with E-state index in [1.165, 1.54) is 0 Å². The lowest BCUT2D eigenvalue weighted by atomic mass is 10.0. The lowest BCUT2D eigenvalue weighted by Crippen LogP contribution is -2.50. The van der Waals surface area contributed by atoms with Gasteiger partial charge >= 0.3 is 0 Å². The van der Waals surface area contributed by atoms with Crippen LogP contribution in [0.2, 0.25) is 0 Å². The predicted octanol–water partition coefficient (Wildman–Crippen LogP) is 2.48. The Morgan fingerprint density at radius 1 is 1.03 bits per heavy atom. The largest absolute Gasteiger partial charge is 0.475 e. The highest BCUT2D eigenvalue weighted by atomic mass is 32.2. The Hall–Kier alpha value is -2.52. The first-order valence-corrected chi connectivity index (χ1v) is 12.2. The molecule has 166 valence electrons. The van der Waals surface area contributed by atoms with Crippen molar-refractivity contribution < 1.29 is 13.2 Å². The zero-order chi connectivity index (χ0) is 22.2. The van der Waals surface area contributed by atoms with E-state index in [9.17, 15) is 8.42 Å². The average molecular weight is 444 g/mol. The fourth-order valence-corrected chi connectivity index (χ4v) is 5.09. The van der Waals surface area contributed by atoms with Gasteiger partial charge in [-0.1, -0.05) is 0 Å². The van der Waals surface area contributed by atoms with Gasteiger partial charge in [-0.15, -0.1) is 0 Å². The van der Waals surface area contributed by atoms with Gasteiger partial charge in [-0.3, -0.25) is 4.99 Å². The molecule has 0 radical (unpaired) electrons. The van der Waals surface area contributed by atoms with Gasteiger partial charge in [0.25, 0.3) is 0 Å². The summed E-state index contributed by atoms with van der Waals surface area (Å²) >= 11 is 0. The molecule has 0 aliphatic carbocycles. The number of aliphatic imine (C=N–C) groups is 1. The predicted molar refractivity (Wildman–Crippen MR) is 121 cm³/mol. The second-order valence-corrected chi connectivity index (χ2v) is 10.9. The van der Waals surface area contributed by atoms with E-state index in [0.717, 1.165) is 28.2 Å². The standard InChI is InChI=1S/C22H29N5O3S/c1-15(2)30-21-12-19-18(13-24-21)14-25-22(19)17-5-6-23-20(11-17)26-7-9-27(10-8-26)31(28,29)16(3)4/h5-6,11-13,15-16H,7-10,14H2,1-4H3. The quantitative estimate of drug-likeness (QED) is 0.682. The van der Waals surface area contributed by atoms with Gasteiger partial charge in [0.1, 0.15) is 5.82 Å². The van der Waals surface area contributed by atoms with Crippen LogP contribution < -0.4 is 9.64 Å². The number of pyridine rings is 2. The minimum Gasteiger partial charge on any atom is -0.475 e. The molecular formula is C22H29N5O3S. The first-order chi connectivity index (χ1) is 14.8. The van der Waals surface area contributed by atoms with E-state index in [0.29, 0.717) is 38.6 Å². The van der Waals surface area contributed by atoms with Crippen LogP contribution in [0.1, 0.15) is 44.4 Å². The van der Waals surface area contributed by atoms with Crippen molar-refractivity contribution in [1.82, 2.24) is 14.3 Å². The van der Waals surface area contributed by atoms with Gasteiger partial charge in [0.2, 0.25) is 15.9 Å². The molecule has 0 aromatic carbocycles. The Balaban J connectivity index is 1.52. The number of piperazine rings is 1. The zero-order valence-electron chi connectivity index (χ0n) is 18.4. The van der Waals surface area contributed by atoms with Gasteiger partial charge in [-0.2, -0.15) is 4.31 Å². The number of hydrogen-bond acceptors (Lipinski definition) is 7. The van der Waals surface area contributed by atoms with Gasteiger partial charge in [-0.25, -0.2) is 18.4 Å². The Kier molecular flexibility index (Phi) is 5.98. The summed E-state index contributed by atoms with van der Waals surface area (Å²) in [5, 5.41) is -0.403. The summed E-state index contributed by atoms with van der Waals surface area (Å²) in [4.78, 5) is 15.8. The minimum atomic E-state index is -3.22. The van der Waals surface area contributed by atoms with E-state index >= 15 is 0 Å². The summed E-state index contributed by atoms with van der Waals surface area (Å²) in [6, 6.07) is 5.95. The lowest BCUT2D eigenvalue weighted by Gasteiger charge is -2.35. The second kappa shape index (κ2) is 8.55. The highest BCUT2D eigenvalue weighted by Crippen LogP contribution is 2.27. The molecule has 0 unspecified atom stereocenters. The third-order valence-electron chi connectivity index (χ3n) is 5.52. The zero-order valence-corrected chi connectivity index (χ0v) is 19.3. The highest BCUT2D eigenvalue weighted by molar-refractivity contribution is 7.89. The molecule has 0 bridgehead atoms. The van der Waals surface area contributed by atoms with Crippen LogP contribution in [0.4, 0.5) is 5.82 Å². The van der Waals surface area contributed by atoms with Gasteiger partial charge in [0.05, 0.1) is 23.6 Å². The molecule has 0 saturated carbocycles. The third kappa shape index (κ3) is 4.43. The van der Waals surface area contributed by atoms with Crippen LogP contribution in [0.15, 0.2) is 35.6 Å². The molecule has 0 atom stereocenters. The summed E-state index contributed by atoms with van der Waals surface area (Å²) < 4.78 is 32.2. The molecule has 1 fully saturated rings. The van der Waals surface area contributed by atoms with Crippen LogP contribution in [0, 0.1) is 0 Å². The molecule has 0 spiro atoms. The molecule has 9 heteroatoms. The maximum atomic E-state index is 12.4. The highest BCUT2D eigenvalue weighted by Gasteiger charge is 2.30. The van der Waals surface area contributed by atoms with Crippen molar-refractivity contribution in [2.24, 2.45) is 4.99 Å². The molecule has 0 N–H and O–H groups in total. The maximum Gasteiger partial charge on any atom is 0.216 e. The SMILES string of the molecule is CC(C)Oc1cc2c(cn1)CN=C2c1ccnc(N2CCN(S(=O)(=O)C(C)C)CC2)c1. The average Bonchev–Trinajstić information content (AvgIpc) is 3.16. The Labute approximate surface area is 184 Å².